The highest BCUT2D eigenvalue weighted by atomic mass is 16.5. The van der Waals surface area contributed by atoms with Crippen molar-refractivity contribution in [3.63, 3.8) is 0 Å². The Morgan fingerprint density at radius 1 is 0.976 bits per heavy atom. The topological polar surface area (TPSA) is 162 Å². The lowest BCUT2D eigenvalue weighted by Crippen LogP contribution is -2.53. The minimum atomic E-state index is -2.29. The maximum absolute atomic E-state index is 13.5. The number of rotatable bonds is 18. The number of ether oxygens (including phenoxy) is 1. The molecule has 1 aliphatic rings. The highest BCUT2D eigenvalue weighted by Gasteiger charge is 2.40. The summed E-state index contributed by atoms with van der Waals surface area (Å²) in [5, 5.41) is 36.9. The van der Waals surface area contributed by atoms with Crippen molar-refractivity contribution < 1.29 is 39.2 Å². The minimum Gasteiger partial charge on any atom is -0.486 e. The van der Waals surface area contributed by atoms with E-state index in [1.165, 1.54) is 0 Å². The van der Waals surface area contributed by atoms with Crippen LogP contribution in [0.15, 0.2) is 30.3 Å². The molecule has 0 bridgehead atoms. The average molecular weight is 591 g/mol. The Hall–Kier alpha value is -2.98. The van der Waals surface area contributed by atoms with Crippen molar-refractivity contribution in [3.8, 4) is 5.75 Å². The number of Topliss-reactive ketones (excluding diaryl/α,β-unsaturated/α-hetero) is 1. The first-order valence-corrected chi connectivity index (χ1v) is 15.3. The first-order valence-electron chi connectivity index (χ1n) is 15.3. The van der Waals surface area contributed by atoms with Gasteiger partial charge in [0.05, 0.1) is 12.1 Å². The number of para-hydroxylation sites is 1. The van der Waals surface area contributed by atoms with Gasteiger partial charge in [-0.05, 0) is 42.7 Å². The van der Waals surface area contributed by atoms with Gasteiger partial charge in [0.15, 0.2) is 11.9 Å². The van der Waals surface area contributed by atoms with Crippen LogP contribution >= 0.6 is 0 Å². The molecule has 0 saturated heterocycles. The highest BCUT2D eigenvalue weighted by Crippen LogP contribution is 2.30. The molecule has 0 radical (unpaired) electrons. The Morgan fingerprint density at radius 2 is 1.62 bits per heavy atom. The van der Waals surface area contributed by atoms with Gasteiger partial charge in [-0.15, -0.1) is 0 Å². The summed E-state index contributed by atoms with van der Waals surface area (Å²) in [6.45, 7) is 7.81. The number of ketones is 1. The molecule has 1 fully saturated rings. The molecule has 6 atom stereocenters. The van der Waals surface area contributed by atoms with Crippen LogP contribution in [0.2, 0.25) is 0 Å². The number of carbonyl (C=O) groups is 4. The second kappa shape index (κ2) is 17.9. The fourth-order valence-corrected chi connectivity index (χ4v) is 5.39. The second-order valence-electron chi connectivity index (χ2n) is 12.1. The third-order valence-corrected chi connectivity index (χ3v) is 8.39. The number of aliphatic carboxylic acids is 1. The molecule has 0 aromatic heterocycles. The summed E-state index contributed by atoms with van der Waals surface area (Å²) in [6.07, 6.45) is 3.02. The highest BCUT2D eigenvalue weighted by molar-refractivity contribution is 6.05. The van der Waals surface area contributed by atoms with Crippen LogP contribution in [0.3, 0.4) is 0 Å². The molecule has 236 valence electrons. The van der Waals surface area contributed by atoms with E-state index >= 15 is 0 Å². The zero-order valence-electron chi connectivity index (χ0n) is 25.5. The Labute approximate surface area is 249 Å². The number of carbonyl (C=O) groups excluding carboxylic acids is 3. The van der Waals surface area contributed by atoms with Gasteiger partial charge in [-0.1, -0.05) is 84.4 Å². The molecule has 10 nitrogen and oxygen atoms in total. The van der Waals surface area contributed by atoms with Crippen molar-refractivity contribution >= 4 is 23.6 Å². The smallest absolute Gasteiger partial charge is 0.333 e. The summed E-state index contributed by atoms with van der Waals surface area (Å²) in [5.74, 6) is -5.43. The van der Waals surface area contributed by atoms with Crippen LogP contribution in [0.1, 0.15) is 79.1 Å². The average Bonchev–Trinajstić information content (AvgIpc) is 2.97. The van der Waals surface area contributed by atoms with Crippen LogP contribution < -0.4 is 15.4 Å². The van der Waals surface area contributed by atoms with E-state index in [1.807, 2.05) is 27.7 Å². The second-order valence-corrected chi connectivity index (χ2v) is 12.1. The molecular formula is C32H50N2O8. The number of carboxylic acid groups (broad SMARTS) is 1. The molecule has 1 aromatic carbocycles. The van der Waals surface area contributed by atoms with Crippen molar-refractivity contribution in [2.24, 2.45) is 29.6 Å². The number of hydrogen-bond donors (Lipinski definition) is 5. The van der Waals surface area contributed by atoms with Gasteiger partial charge in [-0.25, -0.2) is 4.79 Å². The van der Waals surface area contributed by atoms with Crippen LogP contribution in [0.5, 0.6) is 5.75 Å². The van der Waals surface area contributed by atoms with E-state index in [4.69, 9.17) is 4.74 Å². The van der Waals surface area contributed by atoms with Gasteiger partial charge < -0.3 is 30.7 Å². The van der Waals surface area contributed by atoms with Crippen molar-refractivity contribution in [2.45, 2.75) is 97.3 Å². The van der Waals surface area contributed by atoms with Gasteiger partial charge in [0.1, 0.15) is 18.3 Å². The normalized spacial score (nSPS) is 18.3. The monoisotopic (exact) mass is 590 g/mol. The van der Waals surface area contributed by atoms with Crippen molar-refractivity contribution in [1.82, 2.24) is 10.6 Å². The maximum atomic E-state index is 13.5. The largest absolute Gasteiger partial charge is 0.486 e. The van der Waals surface area contributed by atoms with E-state index < -0.39 is 54.4 Å². The summed E-state index contributed by atoms with van der Waals surface area (Å²) in [7, 11) is 0. The Kier molecular flexibility index (Phi) is 15.0. The van der Waals surface area contributed by atoms with Crippen LogP contribution in [-0.4, -0.2) is 70.3 Å². The zero-order chi connectivity index (χ0) is 31.2. The predicted octanol–water partition coefficient (Wildman–Crippen LogP) is 3.34. The lowest BCUT2D eigenvalue weighted by atomic mass is 9.80. The summed E-state index contributed by atoms with van der Waals surface area (Å²) < 4.78 is 5.43. The summed E-state index contributed by atoms with van der Waals surface area (Å²) in [5.41, 5.74) is 0. The van der Waals surface area contributed by atoms with Crippen LogP contribution in [0.25, 0.3) is 0 Å². The predicted molar refractivity (Wildman–Crippen MR) is 159 cm³/mol. The van der Waals surface area contributed by atoms with E-state index in [0.29, 0.717) is 24.6 Å². The number of benzene rings is 1. The van der Waals surface area contributed by atoms with Crippen LogP contribution in [0.4, 0.5) is 0 Å². The van der Waals surface area contributed by atoms with Gasteiger partial charge in [-0.2, -0.15) is 0 Å². The number of carboxylic acids is 1. The van der Waals surface area contributed by atoms with Crippen molar-refractivity contribution in [2.75, 3.05) is 13.2 Å². The van der Waals surface area contributed by atoms with Gasteiger partial charge in [0, 0.05) is 12.5 Å². The Bertz CT molecular complexity index is 995. The number of hydrogen-bond acceptors (Lipinski definition) is 7. The third-order valence-electron chi connectivity index (χ3n) is 8.39. The van der Waals surface area contributed by atoms with E-state index in [2.05, 4.69) is 10.6 Å². The van der Waals surface area contributed by atoms with Gasteiger partial charge in [0.25, 0.3) is 0 Å². The minimum absolute atomic E-state index is 0.0822. The molecule has 0 aliphatic heterocycles. The van der Waals surface area contributed by atoms with E-state index in [-0.39, 0.29) is 24.2 Å². The van der Waals surface area contributed by atoms with Crippen LogP contribution in [-0.2, 0) is 19.2 Å². The Balaban J connectivity index is 2.23. The fourth-order valence-electron chi connectivity index (χ4n) is 5.39. The molecule has 1 aliphatic carbocycles. The lowest BCUT2D eigenvalue weighted by molar-refractivity contribution is -0.158. The number of amides is 2. The molecule has 5 N–H and O–H groups in total. The molecule has 3 unspecified atom stereocenters. The summed E-state index contributed by atoms with van der Waals surface area (Å²) >= 11 is 0. The quantitative estimate of drug-likeness (QED) is 0.163. The molecular weight excluding hydrogens is 540 g/mol. The van der Waals surface area contributed by atoms with Crippen LogP contribution in [0, 0.1) is 29.6 Å². The zero-order valence-corrected chi connectivity index (χ0v) is 25.5. The first kappa shape index (κ1) is 35.2. The van der Waals surface area contributed by atoms with Crippen molar-refractivity contribution in [1.29, 1.82) is 0 Å². The molecule has 0 heterocycles. The first-order chi connectivity index (χ1) is 19.9. The van der Waals surface area contributed by atoms with E-state index in [0.717, 1.165) is 38.5 Å². The molecule has 0 spiro atoms. The molecule has 42 heavy (non-hydrogen) atoms. The molecule has 2 rings (SSSR count). The third kappa shape index (κ3) is 11.4. The van der Waals surface area contributed by atoms with Gasteiger partial charge in [-0.3, -0.25) is 14.4 Å². The summed E-state index contributed by atoms with van der Waals surface area (Å²) in [6, 6.07) is 7.53. The molecule has 1 aromatic rings. The number of nitrogens with one attached hydrogen (secondary N) is 2. The molecule has 2 amide bonds. The SMILES string of the molecule is CC[C@@H](C)CNC(=O)[C@@H](CC(O)[C@H](CC1CCCCC1)NC(=O)C(C(=O)COc1ccccc1)C(O)C(=O)O)C(C)C. The molecule has 1 saturated carbocycles. The number of aliphatic hydroxyl groups is 2. The standard InChI is InChI=1S/C32H50N2O8/c1-5-21(4)18-33-30(38)24(20(2)3)17-26(35)25(16-22-12-8-6-9-13-22)34-31(39)28(29(37)32(40)41)27(36)19-42-23-14-10-7-11-15-23/h7,10-11,14-15,20-22,24-26,28-29,35,37H,5-6,8-9,12-13,16-19H2,1-4H3,(H,33,38)(H,34,39)(H,40,41)/t21-,24+,25+,26?,28?,29?/m1/s1. The lowest BCUT2D eigenvalue weighted by Gasteiger charge is -2.33. The van der Waals surface area contributed by atoms with Gasteiger partial charge >= 0.3 is 5.97 Å². The maximum Gasteiger partial charge on any atom is 0.333 e. The van der Waals surface area contributed by atoms with E-state index in [1.54, 1.807) is 30.3 Å². The Morgan fingerprint density at radius 3 is 2.19 bits per heavy atom. The van der Waals surface area contributed by atoms with E-state index in [9.17, 15) is 34.5 Å². The van der Waals surface area contributed by atoms with Gasteiger partial charge in [0.2, 0.25) is 11.8 Å². The fraction of sp³-hybridized carbons (Fsp3) is 0.688. The van der Waals surface area contributed by atoms with Crippen molar-refractivity contribution in [3.05, 3.63) is 30.3 Å². The molecule has 10 heteroatoms. The number of aliphatic hydroxyl groups excluding tert-OH is 2. The summed E-state index contributed by atoms with van der Waals surface area (Å²) in [4.78, 5) is 51.2.